The first-order valence-corrected chi connectivity index (χ1v) is 6.93. The molecule has 0 amide bonds. The number of allylic oxidation sites excluding steroid dienone is 2. The van der Waals surface area contributed by atoms with Gasteiger partial charge in [0.15, 0.2) is 0 Å². The lowest BCUT2D eigenvalue weighted by Gasteiger charge is -2.21. The van der Waals surface area contributed by atoms with Crippen LogP contribution in [-0.2, 0) is 0 Å². The fourth-order valence-corrected chi connectivity index (χ4v) is 0.942. The Hall–Kier alpha value is -0.590. The third kappa shape index (κ3) is 11.7. The number of nitrogens with zero attached hydrogens (tertiary/aromatic N) is 1. The average molecular weight is 239 g/mol. The number of rotatable bonds is 5. The smallest absolute Gasteiger partial charge is 0.0439 e. The molecule has 0 radical (unpaired) electrons. The first-order valence-electron chi connectivity index (χ1n) is 6.93. The van der Waals surface area contributed by atoms with Crippen LogP contribution in [0.1, 0.15) is 68.7 Å². The van der Waals surface area contributed by atoms with Crippen molar-refractivity contribution in [1.82, 2.24) is 0 Å². The van der Waals surface area contributed by atoms with E-state index in [4.69, 9.17) is 0 Å². The van der Waals surface area contributed by atoms with Crippen molar-refractivity contribution in [1.29, 1.82) is 0 Å². The summed E-state index contributed by atoms with van der Waals surface area (Å²) in [4.78, 5) is 4.45. The largest absolute Gasteiger partial charge is 0.294 e. The van der Waals surface area contributed by atoms with Crippen molar-refractivity contribution in [3.8, 4) is 0 Å². The molecule has 1 heteroatoms. The minimum atomic E-state index is 0.0662. The van der Waals surface area contributed by atoms with Crippen LogP contribution in [0.2, 0.25) is 0 Å². The van der Waals surface area contributed by atoms with E-state index in [0.717, 1.165) is 0 Å². The molecule has 0 saturated carbocycles. The maximum Gasteiger partial charge on any atom is 0.0439 e. The van der Waals surface area contributed by atoms with Gasteiger partial charge < -0.3 is 0 Å². The van der Waals surface area contributed by atoms with Gasteiger partial charge in [-0.3, -0.25) is 4.99 Å². The Kier molecular flexibility index (Phi) is 9.38. The highest BCUT2D eigenvalue weighted by atomic mass is 14.7. The van der Waals surface area contributed by atoms with Gasteiger partial charge >= 0.3 is 0 Å². The summed E-state index contributed by atoms with van der Waals surface area (Å²) >= 11 is 0. The lowest BCUT2D eigenvalue weighted by molar-refractivity contribution is 0.456. The third-order valence-electron chi connectivity index (χ3n) is 2.58. The molecular formula is C16H33N. The highest BCUT2D eigenvalue weighted by Gasteiger charge is 2.15. The molecule has 0 aromatic rings. The second kappa shape index (κ2) is 8.49. The number of hydrogen-bond donors (Lipinski definition) is 0. The molecule has 0 spiro atoms. The Bertz CT molecular complexity index is 232. The zero-order chi connectivity index (χ0) is 14.1. The predicted molar refractivity (Wildman–Crippen MR) is 82.0 cm³/mol. The van der Waals surface area contributed by atoms with Crippen molar-refractivity contribution in [2.24, 2.45) is 15.8 Å². The van der Waals surface area contributed by atoms with E-state index in [1.165, 1.54) is 6.42 Å². The molecule has 0 heterocycles. The molecule has 0 rings (SSSR count). The highest BCUT2D eigenvalue weighted by molar-refractivity contribution is 5.67. The summed E-state index contributed by atoms with van der Waals surface area (Å²) in [7, 11) is 0. The normalized spacial score (nSPS) is 13.3. The van der Waals surface area contributed by atoms with Crippen molar-refractivity contribution >= 4 is 6.21 Å². The zero-order valence-electron chi connectivity index (χ0n) is 13.5. The molecule has 102 valence electrons. The van der Waals surface area contributed by atoms with Crippen LogP contribution in [0.4, 0.5) is 0 Å². The molecule has 0 aromatic heterocycles. The SMILES string of the molecule is CC.CCC(C)(C)/C=C\C(C)(C)C=NC(C)C. The van der Waals surface area contributed by atoms with Gasteiger partial charge in [-0.25, -0.2) is 0 Å². The fourth-order valence-electron chi connectivity index (χ4n) is 0.942. The number of hydrogen-bond acceptors (Lipinski definition) is 1. The molecule has 0 N–H and O–H groups in total. The highest BCUT2D eigenvalue weighted by Crippen LogP contribution is 2.25. The molecule has 0 bridgehead atoms. The van der Waals surface area contributed by atoms with E-state index >= 15 is 0 Å². The standard InChI is InChI=1S/C14H27N.C2H6/c1-8-13(4,5)9-10-14(6,7)11-15-12(2)3;1-2/h9-12H,8H2,1-7H3;1-2H3/b10-9-,15-11?;. The molecule has 17 heavy (non-hydrogen) atoms. The molecule has 0 atom stereocenters. The second-order valence-corrected chi connectivity index (χ2v) is 5.87. The molecule has 0 aromatic carbocycles. The van der Waals surface area contributed by atoms with Gasteiger partial charge in [0.1, 0.15) is 0 Å². The van der Waals surface area contributed by atoms with Crippen LogP contribution in [0.15, 0.2) is 17.1 Å². The average Bonchev–Trinajstić information content (AvgIpc) is 2.27. The van der Waals surface area contributed by atoms with Crippen LogP contribution >= 0.6 is 0 Å². The molecule has 0 saturated heterocycles. The van der Waals surface area contributed by atoms with Gasteiger partial charge in [0.2, 0.25) is 0 Å². The third-order valence-corrected chi connectivity index (χ3v) is 2.58. The van der Waals surface area contributed by atoms with Crippen molar-refractivity contribution in [2.75, 3.05) is 0 Å². The number of aliphatic imine (C=N–C) groups is 1. The van der Waals surface area contributed by atoms with E-state index in [0.29, 0.717) is 11.5 Å². The summed E-state index contributed by atoms with van der Waals surface area (Å²) < 4.78 is 0. The first-order chi connectivity index (χ1) is 7.68. The topological polar surface area (TPSA) is 12.4 Å². The van der Waals surface area contributed by atoms with Gasteiger partial charge in [0, 0.05) is 17.7 Å². The molecule has 0 aliphatic carbocycles. The summed E-state index contributed by atoms with van der Waals surface area (Å²) in [6.45, 7) is 19.3. The van der Waals surface area contributed by atoms with E-state index in [2.05, 4.69) is 71.8 Å². The summed E-state index contributed by atoms with van der Waals surface area (Å²) in [6, 6.07) is 0.386. The van der Waals surface area contributed by atoms with Crippen LogP contribution in [-0.4, -0.2) is 12.3 Å². The molecular weight excluding hydrogens is 206 g/mol. The predicted octanol–water partition coefficient (Wildman–Crippen LogP) is 5.51. The van der Waals surface area contributed by atoms with Crippen LogP contribution in [0.3, 0.4) is 0 Å². The summed E-state index contributed by atoms with van der Waals surface area (Å²) in [6.07, 6.45) is 7.79. The van der Waals surface area contributed by atoms with Crippen LogP contribution in [0.5, 0.6) is 0 Å². The molecule has 0 unspecified atom stereocenters. The Morgan fingerprint density at radius 3 is 1.82 bits per heavy atom. The van der Waals surface area contributed by atoms with Gasteiger partial charge in [-0.1, -0.05) is 60.6 Å². The van der Waals surface area contributed by atoms with Gasteiger partial charge in [0.05, 0.1) is 0 Å². The first kappa shape index (κ1) is 18.8. The summed E-state index contributed by atoms with van der Waals surface area (Å²) in [5.41, 5.74) is 0.361. The van der Waals surface area contributed by atoms with Crippen LogP contribution in [0, 0.1) is 10.8 Å². The monoisotopic (exact) mass is 239 g/mol. The summed E-state index contributed by atoms with van der Waals surface area (Å²) in [5.74, 6) is 0. The van der Waals surface area contributed by atoms with E-state index in [-0.39, 0.29) is 5.41 Å². The summed E-state index contributed by atoms with van der Waals surface area (Å²) in [5, 5.41) is 0. The quantitative estimate of drug-likeness (QED) is 0.443. The van der Waals surface area contributed by atoms with Crippen molar-refractivity contribution in [3.05, 3.63) is 12.2 Å². The second-order valence-electron chi connectivity index (χ2n) is 5.87. The molecule has 0 fully saturated rings. The zero-order valence-corrected chi connectivity index (χ0v) is 13.5. The van der Waals surface area contributed by atoms with Gasteiger partial charge in [-0.05, 0) is 25.7 Å². The lowest BCUT2D eigenvalue weighted by Crippen LogP contribution is -2.13. The minimum Gasteiger partial charge on any atom is -0.294 e. The molecule has 0 aliphatic rings. The Morgan fingerprint density at radius 1 is 1.00 bits per heavy atom. The Labute approximate surface area is 109 Å². The van der Waals surface area contributed by atoms with Gasteiger partial charge in [0.25, 0.3) is 0 Å². The molecule has 0 aliphatic heterocycles. The van der Waals surface area contributed by atoms with Gasteiger partial charge in [-0.2, -0.15) is 0 Å². The van der Waals surface area contributed by atoms with E-state index in [9.17, 15) is 0 Å². The lowest BCUT2D eigenvalue weighted by atomic mass is 9.85. The maximum atomic E-state index is 4.45. The maximum absolute atomic E-state index is 4.45. The Balaban J connectivity index is 0. The minimum absolute atomic E-state index is 0.0662. The molecule has 1 nitrogen and oxygen atoms in total. The fraction of sp³-hybridized carbons (Fsp3) is 0.812. The van der Waals surface area contributed by atoms with Gasteiger partial charge in [-0.15, -0.1) is 0 Å². The van der Waals surface area contributed by atoms with Crippen molar-refractivity contribution in [2.45, 2.75) is 74.8 Å². The van der Waals surface area contributed by atoms with Crippen LogP contribution < -0.4 is 0 Å². The van der Waals surface area contributed by atoms with Crippen molar-refractivity contribution < 1.29 is 0 Å². The van der Waals surface area contributed by atoms with E-state index in [1.807, 2.05) is 13.8 Å². The van der Waals surface area contributed by atoms with Crippen LogP contribution in [0.25, 0.3) is 0 Å². The Morgan fingerprint density at radius 2 is 1.47 bits per heavy atom. The van der Waals surface area contributed by atoms with E-state index < -0.39 is 0 Å². The van der Waals surface area contributed by atoms with Crippen molar-refractivity contribution in [3.63, 3.8) is 0 Å². The van der Waals surface area contributed by atoms with E-state index in [1.54, 1.807) is 0 Å².